The van der Waals surface area contributed by atoms with Crippen molar-refractivity contribution in [3.05, 3.63) is 34.3 Å². The molecule has 0 aromatic heterocycles. The summed E-state index contributed by atoms with van der Waals surface area (Å²) in [6.45, 7) is 2.18. The van der Waals surface area contributed by atoms with E-state index >= 15 is 0 Å². The summed E-state index contributed by atoms with van der Waals surface area (Å²) in [6, 6.07) is 8.70. The Morgan fingerprint density at radius 2 is 2.18 bits per heavy atom. The Bertz CT molecular complexity index is 350. The molecule has 94 valence electrons. The highest BCUT2D eigenvalue weighted by atomic mass is 79.9. The van der Waals surface area contributed by atoms with Crippen molar-refractivity contribution in [2.24, 2.45) is 0 Å². The average molecular weight is 298 g/mol. The van der Waals surface area contributed by atoms with Gasteiger partial charge in [0.15, 0.2) is 0 Å². The third kappa shape index (κ3) is 3.80. The fourth-order valence-corrected chi connectivity index (χ4v) is 2.71. The molecule has 0 radical (unpaired) electrons. The minimum Gasteiger partial charge on any atom is -0.298 e. The monoisotopic (exact) mass is 297 g/mol. The number of hydrogen-bond acceptors (Lipinski definition) is 2. The highest BCUT2D eigenvalue weighted by Gasteiger charge is 2.18. The number of halogens is 1. The van der Waals surface area contributed by atoms with E-state index in [1.54, 1.807) is 0 Å². The van der Waals surface area contributed by atoms with Crippen molar-refractivity contribution in [3.63, 3.8) is 0 Å². The third-order valence-corrected chi connectivity index (χ3v) is 3.83. The topological polar surface area (TPSA) is 21.3 Å². The fourth-order valence-electron chi connectivity index (χ4n) is 2.29. The molecule has 1 fully saturated rings. The van der Waals surface area contributed by atoms with Gasteiger partial charge in [-0.15, -0.1) is 0 Å². The van der Waals surface area contributed by atoms with Gasteiger partial charge in [0.25, 0.3) is 0 Å². The van der Waals surface area contributed by atoms with Gasteiger partial charge in [-0.25, -0.2) is 0 Å². The normalized spacial score (nSPS) is 18.5. The summed E-state index contributed by atoms with van der Waals surface area (Å²) < 4.78 is 1.12. The van der Waals surface area contributed by atoms with Crippen molar-refractivity contribution in [1.82, 2.24) is 5.48 Å². The van der Waals surface area contributed by atoms with Crippen LogP contribution in [0.5, 0.6) is 0 Å². The summed E-state index contributed by atoms with van der Waals surface area (Å²) in [4.78, 5) is 5.78. The Balaban J connectivity index is 1.91. The molecule has 2 nitrogen and oxygen atoms in total. The minimum absolute atomic E-state index is 0.285. The van der Waals surface area contributed by atoms with Gasteiger partial charge in [-0.3, -0.25) is 4.84 Å². The molecular weight excluding hydrogens is 278 g/mol. The molecule has 0 bridgehead atoms. The van der Waals surface area contributed by atoms with Gasteiger partial charge in [-0.2, -0.15) is 5.48 Å². The minimum atomic E-state index is 0.285. The zero-order chi connectivity index (χ0) is 12.1. The summed E-state index contributed by atoms with van der Waals surface area (Å²) in [5, 5.41) is 0. The molecule has 1 atom stereocenters. The van der Waals surface area contributed by atoms with Crippen LogP contribution in [0.1, 0.15) is 50.6 Å². The highest BCUT2D eigenvalue weighted by Crippen LogP contribution is 2.24. The Labute approximate surface area is 112 Å². The second-order valence-corrected chi connectivity index (χ2v) is 5.57. The summed E-state index contributed by atoms with van der Waals surface area (Å²) in [5.41, 5.74) is 4.51. The number of hydroxylamine groups is 1. The molecule has 0 aliphatic heterocycles. The van der Waals surface area contributed by atoms with Gasteiger partial charge in [-0.05, 0) is 37.0 Å². The molecule has 1 unspecified atom stereocenters. The lowest BCUT2D eigenvalue weighted by molar-refractivity contribution is -0.0415. The van der Waals surface area contributed by atoms with Crippen molar-refractivity contribution in [3.8, 4) is 0 Å². The van der Waals surface area contributed by atoms with E-state index in [1.807, 2.05) is 6.07 Å². The maximum absolute atomic E-state index is 5.78. The average Bonchev–Trinajstić information content (AvgIpc) is 2.83. The van der Waals surface area contributed by atoms with E-state index in [2.05, 4.69) is 46.5 Å². The molecule has 1 saturated carbocycles. The summed E-state index contributed by atoms with van der Waals surface area (Å²) in [7, 11) is 0. The quantitative estimate of drug-likeness (QED) is 0.815. The molecule has 3 heteroatoms. The van der Waals surface area contributed by atoms with Gasteiger partial charge in [-0.1, -0.05) is 47.8 Å². The van der Waals surface area contributed by atoms with E-state index in [0.29, 0.717) is 6.10 Å². The molecule has 1 aromatic rings. The van der Waals surface area contributed by atoms with Crippen LogP contribution in [0.4, 0.5) is 0 Å². The first kappa shape index (κ1) is 13.1. The number of nitrogens with one attached hydrogen (secondary N) is 1. The molecular formula is C14H20BrNO. The standard InChI is InChI=1S/C14H20BrNO/c1-2-14(11-6-5-7-12(15)10-11)16-17-13-8-3-4-9-13/h5-7,10,13-14,16H,2-4,8-9H2,1H3. The lowest BCUT2D eigenvalue weighted by atomic mass is 10.1. The fraction of sp³-hybridized carbons (Fsp3) is 0.571. The molecule has 0 spiro atoms. The molecule has 2 rings (SSSR count). The van der Waals surface area contributed by atoms with Crippen molar-refractivity contribution in [2.45, 2.75) is 51.2 Å². The molecule has 1 N–H and O–H groups in total. The zero-order valence-corrected chi connectivity index (χ0v) is 11.9. The zero-order valence-electron chi connectivity index (χ0n) is 10.3. The predicted octanol–water partition coefficient (Wildman–Crippen LogP) is 4.36. The molecule has 17 heavy (non-hydrogen) atoms. The van der Waals surface area contributed by atoms with E-state index < -0.39 is 0 Å². The molecule has 0 heterocycles. The van der Waals surface area contributed by atoms with Crippen LogP contribution in [-0.4, -0.2) is 6.10 Å². The van der Waals surface area contributed by atoms with E-state index in [0.717, 1.165) is 10.9 Å². The number of rotatable bonds is 5. The van der Waals surface area contributed by atoms with E-state index in [9.17, 15) is 0 Å². The second-order valence-electron chi connectivity index (χ2n) is 4.66. The second kappa shape index (κ2) is 6.53. The molecule has 1 aromatic carbocycles. The van der Waals surface area contributed by atoms with Crippen LogP contribution in [0.15, 0.2) is 28.7 Å². The van der Waals surface area contributed by atoms with E-state index in [1.165, 1.54) is 31.2 Å². The Hall–Kier alpha value is -0.380. The van der Waals surface area contributed by atoms with Gasteiger partial charge in [0.2, 0.25) is 0 Å². The van der Waals surface area contributed by atoms with Crippen LogP contribution in [-0.2, 0) is 4.84 Å². The Kier molecular flexibility index (Phi) is 5.01. The summed E-state index contributed by atoms with van der Waals surface area (Å²) in [5.74, 6) is 0. The predicted molar refractivity (Wildman–Crippen MR) is 73.7 cm³/mol. The first-order valence-electron chi connectivity index (χ1n) is 6.46. The summed E-state index contributed by atoms with van der Waals surface area (Å²) >= 11 is 3.51. The lowest BCUT2D eigenvalue weighted by Crippen LogP contribution is -2.26. The van der Waals surface area contributed by atoms with Gasteiger partial charge < -0.3 is 0 Å². The van der Waals surface area contributed by atoms with Crippen LogP contribution in [0.3, 0.4) is 0 Å². The third-order valence-electron chi connectivity index (χ3n) is 3.34. The van der Waals surface area contributed by atoms with Gasteiger partial charge in [0, 0.05) is 4.47 Å². The van der Waals surface area contributed by atoms with E-state index in [4.69, 9.17) is 4.84 Å². The van der Waals surface area contributed by atoms with E-state index in [-0.39, 0.29) is 6.04 Å². The van der Waals surface area contributed by atoms with Gasteiger partial charge in [0.05, 0.1) is 12.1 Å². The Morgan fingerprint density at radius 1 is 1.41 bits per heavy atom. The maximum atomic E-state index is 5.78. The van der Waals surface area contributed by atoms with Gasteiger partial charge in [0.1, 0.15) is 0 Å². The van der Waals surface area contributed by atoms with Crippen LogP contribution in [0, 0.1) is 0 Å². The molecule has 0 saturated heterocycles. The Morgan fingerprint density at radius 3 is 2.82 bits per heavy atom. The SMILES string of the molecule is CCC(NOC1CCCC1)c1cccc(Br)c1. The van der Waals surface area contributed by atoms with Crippen LogP contribution in [0.2, 0.25) is 0 Å². The first-order valence-corrected chi connectivity index (χ1v) is 7.25. The van der Waals surface area contributed by atoms with Crippen molar-refractivity contribution in [2.75, 3.05) is 0 Å². The highest BCUT2D eigenvalue weighted by molar-refractivity contribution is 9.10. The van der Waals surface area contributed by atoms with Crippen molar-refractivity contribution < 1.29 is 4.84 Å². The lowest BCUT2D eigenvalue weighted by Gasteiger charge is -2.20. The van der Waals surface area contributed by atoms with Crippen LogP contribution < -0.4 is 5.48 Å². The van der Waals surface area contributed by atoms with Gasteiger partial charge >= 0.3 is 0 Å². The summed E-state index contributed by atoms with van der Waals surface area (Å²) in [6.07, 6.45) is 6.45. The largest absolute Gasteiger partial charge is 0.298 e. The smallest absolute Gasteiger partial charge is 0.0790 e. The molecule has 1 aliphatic carbocycles. The van der Waals surface area contributed by atoms with Crippen molar-refractivity contribution >= 4 is 15.9 Å². The maximum Gasteiger partial charge on any atom is 0.0790 e. The molecule has 1 aliphatic rings. The number of benzene rings is 1. The molecule has 0 amide bonds. The van der Waals surface area contributed by atoms with Crippen LogP contribution >= 0.6 is 15.9 Å². The van der Waals surface area contributed by atoms with Crippen molar-refractivity contribution in [1.29, 1.82) is 0 Å². The first-order chi connectivity index (χ1) is 8.29. The van der Waals surface area contributed by atoms with Crippen LogP contribution in [0.25, 0.3) is 0 Å². The number of hydrogen-bond donors (Lipinski definition) is 1.